The fraction of sp³-hybridized carbons (Fsp3) is 0.0286. The summed E-state index contributed by atoms with van der Waals surface area (Å²) >= 11 is 9.42. The summed E-state index contributed by atoms with van der Waals surface area (Å²) in [5.41, 5.74) is 1.42. The number of ketones is 1. The second-order valence-electron chi connectivity index (χ2n) is 9.83. The molecule has 0 aliphatic carbocycles. The van der Waals surface area contributed by atoms with Gasteiger partial charge >= 0.3 is 5.97 Å². The molecule has 1 atom stereocenters. The SMILES string of the molecule is O=C(O[C@H](C(=O)c1ccccc1)c1ccc(Cl)cc1)c1cccc(N2C(=O)c3ccc(Oc4ccc(Br)cc4)cc3C2=O)c1. The Morgan fingerprint density at radius 2 is 1.34 bits per heavy atom. The predicted octanol–water partition coefficient (Wildman–Crippen LogP) is 8.48. The van der Waals surface area contributed by atoms with Gasteiger partial charge in [-0.1, -0.05) is 76.1 Å². The fourth-order valence-corrected chi connectivity index (χ4v) is 5.16. The van der Waals surface area contributed by atoms with Crippen LogP contribution < -0.4 is 9.64 Å². The van der Waals surface area contributed by atoms with E-state index in [0.717, 1.165) is 9.37 Å². The van der Waals surface area contributed by atoms with Crippen molar-refractivity contribution in [1.29, 1.82) is 0 Å². The number of imide groups is 1. The molecule has 5 aromatic carbocycles. The first-order chi connectivity index (χ1) is 21.3. The van der Waals surface area contributed by atoms with Gasteiger partial charge in [-0.05, 0) is 72.8 Å². The number of fused-ring (bicyclic) bond motifs is 1. The Labute approximate surface area is 265 Å². The van der Waals surface area contributed by atoms with Gasteiger partial charge in [0, 0.05) is 20.6 Å². The van der Waals surface area contributed by atoms with E-state index in [1.165, 1.54) is 30.3 Å². The van der Waals surface area contributed by atoms with E-state index in [9.17, 15) is 19.2 Å². The highest BCUT2D eigenvalue weighted by molar-refractivity contribution is 9.10. The molecule has 1 aliphatic heterocycles. The molecule has 0 saturated heterocycles. The molecule has 1 aliphatic rings. The lowest BCUT2D eigenvalue weighted by Gasteiger charge is -2.19. The highest BCUT2D eigenvalue weighted by Gasteiger charge is 2.37. The average molecular weight is 667 g/mol. The van der Waals surface area contributed by atoms with Crippen LogP contribution in [0.1, 0.15) is 53.1 Å². The lowest BCUT2D eigenvalue weighted by Crippen LogP contribution is -2.29. The van der Waals surface area contributed by atoms with Gasteiger partial charge in [-0.3, -0.25) is 14.4 Å². The number of benzene rings is 5. The van der Waals surface area contributed by atoms with E-state index < -0.39 is 29.7 Å². The van der Waals surface area contributed by atoms with E-state index >= 15 is 0 Å². The predicted molar refractivity (Wildman–Crippen MR) is 169 cm³/mol. The topological polar surface area (TPSA) is 90.0 Å². The molecule has 0 aromatic heterocycles. The van der Waals surface area contributed by atoms with Crippen molar-refractivity contribution in [3.8, 4) is 11.5 Å². The van der Waals surface area contributed by atoms with Crippen LogP contribution in [-0.4, -0.2) is 23.6 Å². The van der Waals surface area contributed by atoms with E-state index in [1.54, 1.807) is 78.9 Å². The Kier molecular flexibility index (Phi) is 8.11. The van der Waals surface area contributed by atoms with Gasteiger partial charge in [-0.15, -0.1) is 0 Å². The molecule has 7 nitrogen and oxygen atoms in total. The Hall–Kier alpha value is -5.05. The molecular weight excluding hydrogens is 646 g/mol. The highest BCUT2D eigenvalue weighted by Crippen LogP contribution is 2.33. The normalized spacial score (nSPS) is 12.9. The smallest absolute Gasteiger partial charge is 0.339 e. The number of hydrogen-bond acceptors (Lipinski definition) is 6. The van der Waals surface area contributed by atoms with Crippen LogP contribution in [0.5, 0.6) is 11.5 Å². The molecule has 5 aromatic rings. The molecular formula is C35H21BrClNO6. The summed E-state index contributed by atoms with van der Waals surface area (Å²) in [6.07, 6.45) is -1.26. The number of hydrogen-bond donors (Lipinski definition) is 0. The van der Waals surface area contributed by atoms with Crippen LogP contribution in [0.15, 0.2) is 126 Å². The summed E-state index contributed by atoms with van der Waals surface area (Å²) in [7, 11) is 0. The number of carbonyl (C=O) groups is 4. The van der Waals surface area contributed by atoms with Crippen LogP contribution in [0.2, 0.25) is 5.02 Å². The number of amides is 2. The maximum atomic E-state index is 13.4. The van der Waals surface area contributed by atoms with Crippen LogP contribution in [0.3, 0.4) is 0 Å². The summed E-state index contributed by atoms with van der Waals surface area (Å²) < 4.78 is 12.5. The summed E-state index contributed by atoms with van der Waals surface area (Å²) in [6.45, 7) is 0. The lowest BCUT2D eigenvalue weighted by atomic mass is 9.99. The first kappa shape index (κ1) is 29.0. The molecule has 9 heteroatoms. The third-order valence-electron chi connectivity index (χ3n) is 6.94. The third kappa shape index (κ3) is 5.90. The molecule has 0 unspecified atom stereocenters. The Morgan fingerprint density at radius 3 is 2.07 bits per heavy atom. The second kappa shape index (κ2) is 12.3. The van der Waals surface area contributed by atoms with Crippen molar-refractivity contribution in [2.24, 2.45) is 0 Å². The van der Waals surface area contributed by atoms with Crippen LogP contribution >= 0.6 is 27.5 Å². The molecule has 0 saturated carbocycles. The van der Waals surface area contributed by atoms with Crippen molar-refractivity contribution in [1.82, 2.24) is 0 Å². The second-order valence-corrected chi connectivity index (χ2v) is 11.2. The van der Waals surface area contributed by atoms with E-state index in [2.05, 4.69) is 15.9 Å². The zero-order valence-electron chi connectivity index (χ0n) is 22.8. The van der Waals surface area contributed by atoms with Gasteiger partial charge in [0.05, 0.1) is 22.4 Å². The molecule has 44 heavy (non-hydrogen) atoms. The number of anilines is 1. The molecule has 0 bridgehead atoms. The van der Waals surface area contributed by atoms with E-state index in [4.69, 9.17) is 21.1 Å². The Bertz CT molecular complexity index is 1910. The molecule has 1 heterocycles. The summed E-state index contributed by atoms with van der Waals surface area (Å²) in [5.74, 6) is -1.37. The van der Waals surface area contributed by atoms with Gasteiger partial charge in [-0.2, -0.15) is 0 Å². The first-order valence-corrected chi connectivity index (χ1v) is 14.6. The molecule has 0 fully saturated rings. The number of nitrogens with zero attached hydrogens (tertiary/aromatic N) is 1. The van der Waals surface area contributed by atoms with Gasteiger partial charge in [0.2, 0.25) is 5.78 Å². The standard InChI is InChI=1S/C35H21BrClNO6/c36-24-11-15-27(16-12-24)43-28-17-18-29-30(20-28)34(41)38(33(29)40)26-8-4-7-23(19-26)35(42)44-32(22-9-13-25(37)14-10-22)31(39)21-5-2-1-3-6-21/h1-20,32H/t32-/m0/s1. The molecule has 2 amide bonds. The third-order valence-corrected chi connectivity index (χ3v) is 7.72. The minimum Gasteiger partial charge on any atom is -0.457 e. The van der Waals surface area contributed by atoms with Gasteiger partial charge in [0.25, 0.3) is 11.8 Å². The van der Waals surface area contributed by atoms with Gasteiger partial charge in [-0.25, -0.2) is 9.69 Å². The average Bonchev–Trinajstić information content (AvgIpc) is 3.30. The van der Waals surface area contributed by atoms with Gasteiger partial charge in [0.15, 0.2) is 6.10 Å². The summed E-state index contributed by atoms with van der Waals surface area (Å²) in [5, 5.41) is 0.464. The van der Waals surface area contributed by atoms with Crippen molar-refractivity contribution in [2.45, 2.75) is 6.10 Å². The van der Waals surface area contributed by atoms with E-state index in [-0.39, 0.29) is 22.4 Å². The maximum absolute atomic E-state index is 13.4. The van der Waals surface area contributed by atoms with Crippen molar-refractivity contribution in [3.63, 3.8) is 0 Å². The minimum atomic E-state index is -1.26. The van der Waals surface area contributed by atoms with Gasteiger partial charge < -0.3 is 9.47 Å². The number of ether oxygens (including phenoxy) is 2. The summed E-state index contributed by atoms with van der Waals surface area (Å²) in [6, 6.07) is 32.7. The van der Waals surface area contributed by atoms with Crippen molar-refractivity contribution < 1.29 is 28.7 Å². The van der Waals surface area contributed by atoms with Crippen LogP contribution in [0, 0.1) is 0 Å². The van der Waals surface area contributed by atoms with Crippen LogP contribution in [-0.2, 0) is 4.74 Å². The van der Waals surface area contributed by atoms with Crippen molar-refractivity contribution >= 4 is 56.8 Å². The lowest BCUT2D eigenvalue weighted by molar-refractivity contribution is 0.0280. The van der Waals surface area contributed by atoms with E-state index in [1.807, 2.05) is 12.1 Å². The van der Waals surface area contributed by atoms with Crippen molar-refractivity contribution in [3.05, 3.63) is 159 Å². The number of halogens is 2. The molecule has 6 rings (SSSR count). The van der Waals surface area contributed by atoms with Crippen molar-refractivity contribution in [2.75, 3.05) is 4.90 Å². The number of Topliss-reactive ketones (excluding diaryl/α,β-unsaturated/α-hetero) is 1. The zero-order valence-corrected chi connectivity index (χ0v) is 25.1. The molecule has 0 N–H and O–H groups in total. The number of carbonyl (C=O) groups excluding carboxylic acids is 4. The maximum Gasteiger partial charge on any atom is 0.339 e. The van der Waals surface area contributed by atoms with Crippen LogP contribution in [0.25, 0.3) is 0 Å². The first-order valence-electron chi connectivity index (χ1n) is 13.4. The Morgan fingerprint density at radius 1 is 0.682 bits per heavy atom. The van der Waals surface area contributed by atoms with Gasteiger partial charge in [0.1, 0.15) is 11.5 Å². The number of esters is 1. The molecule has 0 radical (unpaired) electrons. The fourth-order valence-electron chi connectivity index (χ4n) is 4.77. The highest BCUT2D eigenvalue weighted by atomic mass is 79.9. The molecule has 216 valence electrons. The minimum absolute atomic E-state index is 0.0538. The number of rotatable bonds is 8. The largest absolute Gasteiger partial charge is 0.457 e. The quantitative estimate of drug-likeness (QED) is 0.0938. The van der Waals surface area contributed by atoms with E-state index in [0.29, 0.717) is 27.6 Å². The zero-order chi connectivity index (χ0) is 30.8. The molecule has 0 spiro atoms. The Balaban J connectivity index is 1.25. The monoisotopic (exact) mass is 665 g/mol. The van der Waals surface area contributed by atoms with Crippen LogP contribution in [0.4, 0.5) is 5.69 Å². The summed E-state index contributed by atoms with van der Waals surface area (Å²) in [4.78, 5) is 54.6.